The van der Waals surface area contributed by atoms with Crippen LogP contribution in [0.15, 0.2) is 35.3 Å². The van der Waals surface area contributed by atoms with Gasteiger partial charge in [0.15, 0.2) is 15.0 Å². The topological polar surface area (TPSA) is 58.5 Å². The molecule has 6 heteroatoms. The van der Waals surface area contributed by atoms with E-state index in [2.05, 4.69) is 22.4 Å². The zero-order chi connectivity index (χ0) is 14.0. The van der Waals surface area contributed by atoms with Gasteiger partial charge < -0.3 is 5.32 Å². The summed E-state index contributed by atoms with van der Waals surface area (Å²) in [4.78, 5) is 4.55. The van der Waals surface area contributed by atoms with E-state index >= 15 is 0 Å². The van der Waals surface area contributed by atoms with E-state index < -0.39 is 9.84 Å². The molecule has 2 heterocycles. The Morgan fingerprint density at radius 3 is 2.80 bits per heavy atom. The molecule has 3 rings (SSSR count). The molecule has 1 aromatic rings. The van der Waals surface area contributed by atoms with Crippen molar-refractivity contribution in [3.63, 3.8) is 0 Å². The van der Waals surface area contributed by atoms with Crippen LogP contribution in [0.1, 0.15) is 18.0 Å². The first kappa shape index (κ1) is 13.9. The molecule has 0 aromatic heterocycles. The summed E-state index contributed by atoms with van der Waals surface area (Å²) in [5.41, 5.74) is 1.27. The van der Waals surface area contributed by atoms with Crippen LogP contribution in [0, 0.1) is 5.92 Å². The van der Waals surface area contributed by atoms with Crippen LogP contribution in [0.3, 0.4) is 0 Å². The second-order valence-corrected chi connectivity index (χ2v) is 8.57. The Balaban J connectivity index is 1.56. The highest BCUT2D eigenvalue weighted by atomic mass is 32.2. The van der Waals surface area contributed by atoms with Gasteiger partial charge in [-0.05, 0) is 17.9 Å². The highest BCUT2D eigenvalue weighted by molar-refractivity contribution is 8.14. The molecular weight excluding hydrogens is 292 g/mol. The molecule has 0 amide bonds. The molecule has 20 heavy (non-hydrogen) atoms. The van der Waals surface area contributed by atoms with Gasteiger partial charge in [-0.15, -0.1) is 0 Å². The number of aliphatic imine (C=N–C) groups is 1. The van der Waals surface area contributed by atoms with Crippen LogP contribution >= 0.6 is 11.8 Å². The summed E-state index contributed by atoms with van der Waals surface area (Å²) in [5.74, 6) is 1.81. The standard InChI is InChI=1S/C14H18N2O2S2/c17-20(18)7-6-11(10-20)8-15-14-16-13(9-19-14)12-4-2-1-3-5-12/h1-5,11,13H,6-10H2,(H,15,16). The lowest BCUT2D eigenvalue weighted by Gasteiger charge is -2.10. The van der Waals surface area contributed by atoms with Gasteiger partial charge in [-0.1, -0.05) is 42.1 Å². The number of hydrogen-bond donors (Lipinski definition) is 1. The van der Waals surface area contributed by atoms with Crippen molar-refractivity contribution in [2.75, 3.05) is 23.8 Å². The van der Waals surface area contributed by atoms with Crippen LogP contribution in [-0.2, 0) is 9.84 Å². The fraction of sp³-hybridized carbons (Fsp3) is 0.500. The third-order valence-corrected chi connectivity index (χ3v) is 6.56. The zero-order valence-electron chi connectivity index (χ0n) is 11.2. The molecule has 0 bridgehead atoms. The molecule has 4 nitrogen and oxygen atoms in total. The first-order valence-electron chi connectivity index (χ1n) is 6.81. The number of amidine groups is 1. The molecule has 2 aliphatic rings. The molecule has 1 N–H and O–H groups in total. The van der Waals surface area contributed by atoms with Crippen molar-refractivity contribution in [3.8, 4) is 0 Å². The van der Waals surface area contributed by atoms with Gasteiger partial charge in [0.1, 0.15) is 0 Å². The maximum atomic E-state index is 11.4. The molecule has 0 saturated carbocycles. The van der Waals surface area contributed by atoms with Gasteiger partial charge in [0.2, 0.25) is 0 Å². The fourth-order valence-corrected chi connectivity index (χ4v) is 5.42. The highest BCUT2D eigenvalue weighted by Crippen LogP contribution is 2.26. The van der Waals surface area contributed by atoms with E-state index in [1.165, 1.54) is 5.56 Å². The van der Waals surface area contributed by atoms with E-state index in [1.54, 1.807) is 11.8 Å². The van der Waals surface area contributed by atoms with E-state index in [1.807, 2.05) is 18.2 Å². The maximum Gasteiger partial charge on any atom is 0.157 e. The molecular formula is C14H18N2O2S2. The summed E-state index contributed by atoms with van der Waals surface area (Å²) in [6, 6.07) is 10.6. The van der Waals surface area contributed by atoms with E-state index in [0.717, 1.165) is 17.3 Å². The van der Waals surface area contributed by atoms with Crippen LogP contribution in [0.4, 0.5) is 0 Å². The summed E-state index contributed by atoms with van der Waals surface area (Å²) in [6.45, 7) is 0.621. The van der Waals surface area contributed by atoms with Crippen molar-refractivity contribution in [1.82, 2.24) is 5.32 Å². The number of hydrogen-bond acceptors (Lipinski definition) is 4. The number of nitrogens with one attached hydrogen (secondary N) is 1. The van der Waals surface area contributed by atoms with Gasteiger partial charge in [-0.25, -0.2) is 8.42 Å². The van der Waals surface area contributed by atoms with Gasteiger partial charge in [0, 0.05) is 12.3 Å². The monoisotopic (exact) mass is 310 g/mol. The minimum atomic E-state index is -2.79. The third kappa shape index (κ3) is 3.35. The Hall–Kier alpha value is -1.01. The molecule has 0 radical (unpaired) electrons. The summed E-state index contributed by atoms with van der Waals surface area (Å²) in [6.07, 6.45) is 0.756. The molecule has 0 aliphatic carbocycles. The summed E-state index contributed by atoms with van der Waals surface area (Å²) in [7, 11) is -2.79. The largest absolute Gasteiger partial charge is 0.357 e. The molecule has 1 aromatic carbocycles. The molecule has 2 saturated heterocycles. The number of nitrogens with zero attached hydrogens (tertiary/aromatic N) is 1. The van der Waals surface area contributed by atoms with Crippen molar-refractivity contribution in [3.05, 3.63) is 35.9 Å². The minimum absolute atomic E-state index is 0.200. The number of benzene rings is 1. The zero-order valence-corrected chi connectivity index (χ0v) is 12.8. The average molecular weight is 310 g/mol. The highest BCUT2D eigenvalue weighted by Gasteiger charge is 2.28. The number of sulfone groups is 1. The normalized spacial score (nSPS) is 30.5. The number of rotatable bonds is 3. The Labute approximate surface area is 124 Å². The molecule has 2 unspecified atom stereocenters. The van der Waals surface area contributed by atoms with Crippen LogP contribution in [-0.4, -0.2) is 37.4 Å². The van der Waals surface area contributed by atoms with Gasteiger partial charge in [-0.2, -0.15) is 0 Å². The summed E-state index contributed by atoms with van der Waals surface area (Å²) >= 11 is 1.72. The smallest absolute Gasteiger partial charge is 0.157 e. The van der Waals surface area contributed by atoms with Gasteiger partial charge in [-0.3, -0.25) is 4.99 Å². The quantitative estimate of drug-likeness (QED) is 0.926. The van der Waals surface area contributed by atoms with Gasteiger partial charge in [0.05, 0.1) is 17.5 Å². The average Bonchev–Trinajstić information content (AvgIpc) is 3.04. The molecule has 2 fully saturated rings. The third-order valence-electron chi connectivity index (χ3n) is 3.71. The molecule has 0 spiro atoms. The maximum absolute atomic E-state index is 11.4. The predicted molar refractivity (Wildman–Crippen MR) is 83.8 cm³/mol. The van der Waals surface area contributed by atoms with E-state index in [4.69, 9.17) is 0 Å². The Morgan fingerprint density at radius 2 is 2.10 bits per heavy atom. The fourth-order valence-electron chi connectivity index (χ4n) is 2.58. The second-order valence-electron chi connectivity index (χ2n) is 5.33. The van der Waals surface area contributed by atoms with Crippen molar-refractivity contribution < 1.29 is 8.42 Å². The first-order chi connectivity index (χ1) is 9.62. The summed E-state index contributed by atoms with van der Waals surface area (Å²) < 4.78 is 22.8. The van der Waals surface area contributed by atoms with Gasteiger partial charge >= 0.3 is 0 Å². The predicted octanol–water partition coefficient (Wildman–Crippen LogP) is 1.85. The van der Waals surface area contributed by atoms with Crippen molar-refractivity contribution in [1.29, 1.82) is 0 Å². The first-order valence-corrected chi connectivity index (χ1v) is 9.62. The van der Waals surface area contributed by atoms with Crippen LogP contribution < -0.4 is 5.32 Å². The van der Waals surface area contributed by atoms with Crippen LogP contribution in [0.25, 0.3) is 0 Å². The second kappa shape index (κ2) is 5.77. The van der Waals surface area contributed by atoms with Crippen LogP contribution in [0.2, 0.25) is 0 Å². The molecule has 2 atom stereocenters. The molecule has 108 valence electrons. The lowest BCUT2D eigenvalue weighted by molar-refractivity contribution is 0.591. The van der Waals surface area contributed by atoms with E-state index in [-0.39, 0.29) is 5.92 Å². The van der Waals surface area contributed by atoms with E-state index in [9.17, 15) is 8.42 Å². The Kier molecular flexibility index (Phi) is 4.03. The minimum Gasteiger partial charge on any atom is -0.357 e. The van der Waals surface area contributed by atoms with Crippen molar-refractivity contribution in [2.45, 2.75) is 12.5 Å². The lowest BCUT2D eigenvalue weighted by atomic mass is 10.1. The van der Waals surface area contributed by atoms with E-state index in [0.29, 0.717) is 24.1 Å². The summed E-state index contributed by atoms with van der Waals surface area (Å²) in [5, 5.41) is 4.36. The SMILES string of the molecule is O=S1(=O)CCC(CN=C2NC(c3ccccc3)CS2)C1. The molecule has 2 aliphatic heterocycles. The van der Waals surface area contributed by atoms with Gasteiger partial charge in [0.25, 0.3) is 0 Å². The van der Waals surface area contributed by atoms with Crippen molar-refractivity contribution in [2.24, 2.45) is 10.9 Å². The lowest BCUT2D eigenvalue weighted by Crippen LogP contribution is -2.20. The Bertz CT molecular complexity index is 599. The number of thioether (sulfide) groups is 1. The van der Waals surface area contributed by atoms with Crippen LogP contribution in [0.5, 0.6) is 0 Å². The van der Waals surface area contributed by atoms with Crippen molar-refractivity contribution >= 4 is 26.8 Å². The Morgan fingerprint density at radius 1 is 1.30 bits per heavy atom.